The topological polar surface area (TPSA) is 37.4 Å². The second-order valence-corrected chi connectivity index (χ2v) is 4.88. The van der Waals surface area contributed by atoms with Crippen molar-refractivity contribution < 1.29 is 9.59 Å². The van der Waals surface area contributed by atoms with Gasteiger partial charge in [0.05, 0.1) is 6.04 Å². The minimum Gasteiger partial charge on any atom is -0.274 e. The lowest BCUT2D eigenvalue weighted by Crippen LogP contribution is -2.38. The highest BCUT2D eigenvalue weighted by Gasteiger charge is 2.27. The molecule has 0 aliphatic rings. The highest BCUT2D eigenvalue weighted by molar-refractivity contribution is 6.05. The summed E-state index contributed by atoms with van der Waals surface area (Å²) in [6.45, 7) is 3.65. The number of carbonyl (C=O) groups excluding carboxylic acids is 2. The van der Waals surface area contributed by atoms with Crippen molar-refractivity contribution in [3.63, 3.8) is 0 Å². The van der Waals surface area contributed by atoms with Crippen molar-refractivity contribution in [2.75, 3.05) is 0 Å². The van der Waals surface area contributed by atoms with Crippen molar-refractivity contribution in [3.8, 4) is 0 Å². The Labute approximate surface area is 125 Å². The van der Waals surface area contributed by atoms with Gasteiger partial charge in [0.15, 0.2) is 0 Å². The zero-order valence-electron chi connectivity index (χ0n) is 12.3. The number of hydrogen-bond acceptors (Lipinski definition) is 2. The largest absolute Gasteiger partial charge is 0.274 e. The molecule has 0 saturated carbocycles. The standard InChI is InChI=1S/C18H19NO2/c1-3-17(20)19(14(2)15-10-6-4-7-11-15)18(21)16-12-8-5-9-13-16/h4-14H,3H2,1-2H3/t14-/m0/s1. The van der Waals surface area contributed by atoms with Crippen molar-refractivity contribution in [2.24, 2.45) is 0 Å². The SMILES string of the molecule is CCC(=O)N(C(=O)c1ccccc1)[C@@H](C)c1ccccc1. The normalized spacial score (nSPS) is 11.7. The fraction of sp³-hybridized carbons (Fsp3) is 0.222. The molecule has 0 bridgehead atoms. The summed E-state index contributed by atoms with van der Waals surface area (Å²) in [4.78, 5) is 26.3. The highest BCUT2D eigenvalue weighted by atomic mass is 16.2. The molecule has 1 atom stereocenters. The van der Waals surface area contributed by atoms with Gasteiger partial charge in [0.2, 0.25) is 5.91 Å². The lowest BCUT2D eigenvalue weighted by molar-refractivity contribution is -0.130. The van der Waals surface area contributed by atoms with Gasteiger partial charge in [-0.3, -0.25) is 14.5 Å². The molecule has 2 aromatic carbocycles. The summed E-state index contributed by atoms with van der Waals surface area (Å²) < 4.78 is 0. The molecule has 0 radical (unpaired) electrons. The van der Waals surface area contributed by atoms with Crippen LogP contribution in [0, 0.1) is 0 Å². The molecule has 0 spiro atoms. The lowest BCUT2D eigenvalue weighted by Gasteiger charge is -2.27. The summed E-state index contributed by atoms with van der Waals surface area (Å²) in [7, 11) is 0. The van der Waals surface area contributed by atoms with Crippen molar-refractivity contribution >= 4 is 11.8 Å². The van der Waals surface area contributed by atoms with Crippen LogP contribution in [-0.2, 0) is 4.79 Å². The first-order chi connectivity index (χ1) is 10.1. The molecule has 0 N–H and O–H groups in total. The Balaban J connectivity index is 2.35. The molecule has 21 heavy (non-hydrogen) atoms. The number of imide groups is 1. The number of amides is 2. The van der Waals surface area contributed by atoms with Crippen LogP contribution in [0.15, 0.2) is 60.7 Å². The van der Waals surface area contributed by atoms with Crippen molar-refractivity contribution in [2.45, 2.75) is 26.3 Å². The van der Waals surface area contributed by atoms with Gasteiger partial charge in [-0.25, -0.2) is 0 Å². The van der Waals surface area contributed by atoms with Crippen LogP contribution < -0.4 is 0 Å². The number of nitrogens with zero attached hydrogens (tertiary/aromatic N) is 1. The van der Waals surface area contributed by atoms with E-state index < -0.39 is 0 Å². The molecule has 3 nitrogen and oxygen atoms in total. The van der Waals surface area contributed by atoms with E-state index >= 15 is 0 Å². The first-order valence-corrected chi connectivity index (χ1v) is 7.11. The predicted molar refractivity (Wildman–Crippen MR) is 82.8 cm³/mol. The van der Waals surface area contributed by atoms with Crippen LogP contribution in [0.2, 0.25) is 0 Å². The molecule has 0 fully saturated rings. The minimum absolute atomic E-state index is 0.166. The average Bonchev–Trinajstić information content (AvgIpc) is 2.56. The molecule has 0 unspecified atom stereocenters. The summed E-state index contributed by atoms with van der Waals surface area (Å²) in [6, 6.07) is 18.2. The fourth-order valence-corrected chi connectivity index (χ4v) is 2.28. The molecule has 108 valence electrons. The molecule has 0 aromatic heterocycles. The van der Waals surface area contributed by atoms with Crippen LogP contribution in [0.3, 0.4) is 0 Å². The molecule has 0 heterocycles. The smallest absolute Gasteiger partial charge is 0.261 e. The molecule has 0 aliphatic carbocycles. The fourth-order valence-electron chi connectivity index (χ4n) is 2.28. The monoisotopic (exact) mass is 281 g/mol. The number of carbonyl (C=O) groups is 2. The van der Waals surface area contributed by atoms with Gasteiger partial charge in [-0.2, -0.15) is 0 Å². The Kier molecular flexibility index (Phi) is 4.88. The van der Waals surface area contributed by atoms with E-state index in [4.69, 9.17) is 0 Å². The Morgan fingerprint density at radius 3 is 2.00 bits per heavy atom. The van der Waals surface area contributed by atoms with E-state index in [1.165, 1.54) is 4.90 Å². The van der Waals surface area contributed by atoms with Gasteiger partial charge >= 0.3 is 0 Å². The number of hydrogen-bond donors (Lipinski definition) is 0. The Bertz CT molecular complexity index is 608. The van der Waals surface area contributed by atoms with Crippen LogP contribution in [0.1, 0.15) is 42.2 Å². The van der Waals surface area contributed by atoms with E-state index in [-0.39, 0.29) is 17.9 Å². The molecule has 2 amide bonds. The maximum atomic E-state index is 12.7. The minimum atomic E-state index is -0.286. The van der Waals surface area contributed by atoms with E-state index in [0.29, 0.717) is 12.0 Å². The second kappa shape index (κ2) is 6.84. The Morgan fingerprint density at radius 1 is 0.952 bits per heavy atom. The van der Waals surface area contributed by atoms with E-state index in [1.807, 2.05) is 43.3 Å². The summed E-state index contributed by atoms with van der Waals surface area (Å²) in [5.41, 5.74) is 1.48. The van der Waals surface area contributed by atoms with Crippen LogP contribution in [0.25, 0.3) is 0 Å². The predicted octanol–water partition coefficient (Wildman–Crippen LogP) is 3.83. The molecule has 2 rings (SSSR count). The highest BCUT2D eigenvalue weighted by Crippen LogP contribution is 2.23. The van der Waals surface area contributed by atoms with E-state index in [0.717, 1.165) is 5.56 Å². The second-order valence-electron chi connectivity index (χ2n) is 4.88. The number of benzene rings is 2. The van der Waals surface area contributed by atoms with Gasteiger partial charge in [0.25, 0.3) is 5.91 Å². The first-order valence-electron chi connectivity index (χ1n) is 7.11. The van der Waals surface area contributed by atoms with Gasteiger partial charge in [-0.05, 0) is 24.6 Å². The average molecular weight is 281 g/mol. The maximum absolute atomic E-state index is 12.7. The van der Waals surface area contributed by atoms with Gasteiger partial charge < -0.3 is 0 Å². The molecule has 0 saturated heterocycles. The first kappa shape index (κ1) is 15.0. The quantitative estimate of drug-likeness (QED) is 0.854. The molecular formula is C18H19NO2. The Hall–Kier alpha value is -2.42. The summed E-state index contributed by atoms with van der Waals surface area (Å²) in [5, 5.41) is 0. The van der Waals surface area contributed by atoms with Crippen LogP contribution in [0.4, 0.5) is 0 Å². The zero-order chi connectivity index (χ0) is 15.2. The summed E-state index contributed by atoms with van der Waals surface area (Å²) >= 11 is 0. The van der Waals surface area contributed by atoms with Crippen molar-refractivity contribution in [1.29, 1.82) is 0 Å². The Morgan fingerprint density at radius 2 is 1.48 bits per heavy atom. The zero-order valence-corrected chi connectivity index (χ0v) is 12.3. The molecule has 2 aromatic rings. The van der Waals surface area contributed by atoms with Crippen LogP contribution in [0.5, 0.6) is 0 Å². The van der Waals surface area contributed by atoms with Gasteiger partial charge in [-0.1, -0.05) is 55.5 Å². The molecule has 3 heteroatoms. The van der Waals surface area contributed by atoms with Crippen molar-refractivity contribution in [1.82, 2.24) is 4.90 Å². The third-order valence-corrected chi connectivity index (χ3v) is 3.48. The maximum Gasteiger partial charge on any atom is 0.261 e. The van der Waals surface area contributed by atoms with Gasteiger partial charge in [0.1, 0.15) is 0 Å². The summed E-state index contributed by atoms with van der Waals surface area (Å²) in [5.74, 6) is -0.418. The molecule has 0 aliphatic heterocycles. The van der Waals surface area contributed by atoms with E-state index in [2.05, 4.69) is 0 Å². The lowest BCUT2D eigenvalue weighted by atomic mass is 10.0. The number of rotatable bonds is 4. The summed E-state index contributed by atoms with van der Waals surface area (Å²) in [6.07, 6.45) is 0.301. The van der Waals surface area contributed by atoms with Crippen LogP contribution in [-0.4, -0.2) is 16.7 Å². The third kappa shape index (κ3) is 3.37. The molecular weight excluding hydrogens is 262 g/mol. The third-order valence-electron chi connectivity index (χ3n) is 3.48. The van der Waals surface area contributed by atoms with Gasteiger partial charge in [-0.15, -0.1) is 0 Å². The van der Waals surface area contributed by atoms with Gasteiger partial charge in [0, 0.05) is 12.0 Å². The van der Waals surface area contributed by atoms with E-state index in [9.17, 15) is 9.59 Å². The van der Waals surface area contributed by atoms with Crippen molar-refractivity contribution in [3.05, 3.63) is 71.8 Å². The van der Waals surface area contributed by atoms with E-state index in [1.54, 1.807) is 31.2 Å². The van der Waals surface area contributed by atoms with Crippen LogP contribution >= 0.6 is 0 Å².